The molecule has 0 heterocycles. The molecule has 0 aliphatic rings. The van der Waals surface area contributed by atoms with Gasteiger partial charge in [0.15, 0.2) is 0 Å². The van der Waals surface area contributed by atoms with Crippen LogP contribution in [0.1, 0.15) is 0 Å². The first-order valence-electron chi connectivity index (χ1n) is 4.85. The fourth-order valence-corrected chi connectivity index (χ4v) is 2.54. The molecular weight excluding hydrogens is 367 g/mol. The summed E-state index contributed by atoms with van der Waals surface area (Å²) in [5.41, 5.74) is 0. The molecule has 2 nitrogen and oxygen atoms in total. The van der Waals surface area contributed by atoms with Crippen molar-refractivity contribution < 1.29 is 9.05 Å². The van der Waals surface area contributed by atoms with Crippen LogP contribution in [0.15, 0.2) is 57.5 Å². The van der Waals surface area contributed by atoms with Gasteiger partial charge >= 0.3 is 0 Å². The summed E-state index contributed by atoms with van der Waals surface area (Å²) in [6.07, 6.45) is 0. The van der Waals surface area contributed by atoms with E-state index in [1.54, 1.807) is 0 Å². The standard InChI is InChI=1S/C12H9Br2O2P/c13-10-7-4-8-11(12(10)14)16-17-15-9-5-2-1-3-6-9/h1-8,17H. The average Bonchev–Trinajstić information content (AvgIpc) is 2.36. The minimum Gasteiger partial charge on any atom is -0.441 e. The molecule has 0 bridgehead atoms. The van der Waals surface area contributed by atoms with E-state index >= 15 is 0 Å². The minimum absolute atomic E-state index is 0.0710. The summed E-state index contributed by atoms with van der Waals surface area (Å²) in [6, 6.07) is 15.3. The Balaban J connectivity index is 1.93. The molecule has 0 saturated carbocycles. The van der Waals surface area contributed by atoms with Crippen molar-refractivity contribution in [1.82, 2.24) is 0 Å². The van der Waals surface area contributed by atoms with Crippen LogP contribution in [0.2, 0.25) is 0 Å². The third kappa shape index (κ3) is 3.70. The van der Waals surface area contributed by atoms with Gasteiger partial charge in [0.25, 0.3) is 9.03 Å². The Bertz CT molecular complexity index is 491. The molecule has 0 aliphatic carbocycles. The Morgan fingerprint density at radius 2 is 1.59 bits per heavy atom. The third-order valence-corrected chi connectivity index (χ3v) is 4.60. The molecule has 0 saturated heterocycles. The molecule has 1 atom stereocenters. The van der Waals surface area contributed by atoms with Gasteiger partial charge in [0.1, 0.15) is 11.5 Å². The maximum atomic E-state index is 5.55. The van der Waals surface area contributed by atoms with Gasteiger partial charge in [-0.15, -0.1) is 0 Å². The summed E-state index contributed by atoms with van der Waals surface area (Å²) in [7, 11) is -0.0710. The predicted molar refractivity (Wildman–Crippen MR) is 77.9 cm³/mol. The van der Waals surface area contributed by atoms with Crippen LogP contribution >= 0.6 is 40.9 Å². The zero-order valence-corrected chi connectivity index (χ0v) is 12.9. The Hall–Kier alpha value is -0.570. The second-order valence-corrected chi connectivity index (χ2v) is 5.37. The number of hydrogen-bond donors (Lipinski definition) is 0. The van der Waals surface area contributed by atoms with Crippen LogP contribution in [0.4, 0.5) is 0 Å². The molecule has 0 fully saturated rings. The van der Waals surface area contributed by atoms with Gasteiger partial charge in [0, 0.05) is 4.47 Å². The second kappa shape index (κ2) is 6.39. The van der Waals surface area contributed by atoms with Crippen molar-refractivity contribution in [2.75, 3.05) is 0 Å². The first-order valence-corrected chi connectivity index (χ1v) is 7.25. The summed E-state index contributed by atoms with van der Waals surface area (Å²) in [5, 5.41) is 0. The Morgan fingerprint density at radius 1 is 0.824 bits per heavy atom. The summed E-state index contributed by atoms with van der Waals surface area (Å²) in [4.78, 5) is 0. The van der Waals surface area contributed by atoms with E-state index in [0.29, 0.717) is 0 Å². The van der Waals surface area contributed by atoms with Gasteiger partial charge in [-0.25, -0.2) is 0 Å². The monoisotopic (exact) mass is 374 g/mol. The van der Waals surface area contributed by atoms with Crippen LogP contribution in [-0.4, -0.2) is 0 Å². The van der Waals surface area contributed by atoms with Crippen LogP contribution < -0.4 is 9.05 Å². The predicted octanol–water partition coefficient (Wildman–Crippen LogP) is 5.18. The fraction of sp³-hybridized carbons (Fsp3) is 0. The number of rotatable bonds is 4. The number of para-hydroxylation sites is 1. The van der Waals surface area contributed by atoms with Gasteiger partial charge in [-0.05, 0) is 56.1 Å². The van der Waals surface area contributed by atoms with Gasteiger partial charge < -0.3 is 9.05 Å². The average molecular weight is 376 g/mol. The van der Waals surface area contributed by atoms with Gasteiger partial charge in [0.2, 0.25) is 0 Å². The van der Waals surface area contributed by atoms with Crippen molar-refractivity contribution >= 4 is 40.9 Å². The lowest BCUT2D eigenvalue weighted by atomic mass is 10.3. The summed E-state index contributed by atoms with van der Waals surface area (Å²) < 4.78 is 12.9. The molecule has 0 amide bonds. The van der Waals surface area contributed by atoms with Crippen LogP contribution in [0.3, 0.4) is 0 Å². The van der Waals surface area contributed by atoms with E-state index in [0.717, 1.165) is 20.4 Å². The molecule has 17 heavy (non-hydrogen) atoms. The molecule has 0 radical (unpaired) electrons. The highest BCUT2D eigenvalue weighted by Crippen LogP contribution is 2.35. The molecule has 0 N–H and O–H groups in total. The van der Waals surface area contributed by atoms with Crippen molar-refractivity contribution in [3.05, 3.63) is 57.5 Å². The molecule has 2 rings (SSSR count). The quantitative estimate of drug-likeness (QED) is 0.685. The SMILES string of the molecule is Brc1cccc(OPOc2ccccc2)c1Br. The minimum atomic E-state index is -0.0710. The van der Waals surface area contributed by atoms with Crippen LogP contribution in [0.25, 0.3) is 0 Å². The lowest BCUT2D eigenvalue weighted by molar-refractivity contribution is 0.514. The van der Waals surface area contributed by atoms with E-state index in [9.17, 15) is 0 Å². The number of hydrogen-bond acceptors (Lipinski definition) is 2. The molecule has 0 aromatic heterocycles. The summed E-state index contributed by atoms with van der Waals surface area (Å²) >= 11 is 6.86. The van der Waals surface area contributed by atoms with Crippen LogP contribution in [0.5, 0.6) is 11.5 Å². The van der Waals surface area contributed by atoms with E-state index in [4.69, 9.17) is 9.05 Å². The molecule has 2 aromatic carbocycles. The lowest BCUT2D eigenvalue weighted by Gasteiger charge is -2.09. The van der Waals surface area contributed by atoms with E-state index in [2.05, 4.69) is 31.9 Å². The van der Waals surface area contributed by atoms with E-state index < -0.39 is 0 Å². The van der Waals surface area contributed by atoms with Gasteiger partial charge in [-0.2, -0.15) is 0 Å². The summed E-state index contributed by atoms with van der Waals surface area (Å²) in [5.74, 6) is 1.56. The van der Waals surface area contributed by atoms with Gasteiger partial charge in [-0.1, -0.05) is 24.3 Å². The number of benzene rings is 2. The number of halogens is 2. The molecule has 0 aliphatic heterocycles. The topological polar surface area (TPSA) is 18.5 Å². The van der Waals surface area contributed by atoms with Gasteiger partial charge in [-0.3, -0.25) is 0 Å². The van der Waals surface area contributed by atoms with E-state index in [1.165, 1.54) is 0 Å². The Labute approximate surface area is 119 Å². The van der Waals surface area contributed by atoms with Crippen molar-refractivity contribution in [2.24, 2.45) is 0 Å². The molecule has 0 spiro atoms. The normalized spacial score (nSPS) is 10.7. The smallest absolute Gasteiger partial charge is 0.275 e. The molecule has 88 valence electrons. The first-order chi connectivity index (χ1) is 8.27. The maximum Gasteiger partial charge on any atom is 0.275 e. The highest BCUT2D eigenvalue weighted by atomic mass is 79.9. The van der Waals surface area contributed by atoms with Crippen LogP contribution in [0, 0.1) is 0 Å². The van der Waals surface area contributed by atoms with Crippen LogP contribution in [-0.2, 0) is 0 Å². The largest absolute Gasteiger partial charge is 0.441 e. The zero-order chi connectivity index (χ0) is 12.1. The Morgan fingerprint density at radius 3 is 2.35 bits per heavy atom. The van der Waals surface area contributed by atoms with E-state index in [1.807, 2.05) is 48.5 Å². The molecule has 5 heteroatoms. The van der Waals surface area contributed by atoms with Gasteiger partial charge in [0.05, 0.1) is 4.47 Å². The van der Waals surface area contributed by atoms with Crippen molar-refractivity contribution in [3.8, 4) is 11.5 Å². The first kappa shape index (κ1) is 12.9. The van der Waals surface area contributed by atoms with E-state index in [-0.39, 0.29) is 9.03 Å². The van der Waals surface area contributed by atoms with Crippen molar-refractivity contribution in [2.45, 2.75) is 0 Å². The third-order valence-electron chi connectivity index (χ3n) is 1.97. The Kier molecular flexibility index (Phi) is 4.84. The highest BCUT2D eigenvalue weighted by Gasteiger charge is 2.04. The zero-order valence-electron chi connectivity index (χ0n) is 8.69. The molecule has 2 aromatic rings. The van der Waals surface area contributed by atoms with Crippen molar-refractivity contribution in [3.63, 3.8) is 0 Å². The molecular formula is C12H9Br2O2P. The second-order valence-electron chi connectivity index (χ2n) is 3.15. The summed E-state index contributed by atoms with van der Waals surface area (Å²) in [6.45, 7) is 0. The maximum absolute atomic E-state index is 5.55. The fourth-order valence-electron chi connectivity index (χ4n) is 1.17. The lowest BCUT2D eigenvalue weighted by Crippen LogP contribution is -1.86. The van der Waals surface area contributed by atoms with Crippen molar-refractivity contribution in [1.29, 1.82) is 0 Å². The highest BCUT2D eigenvalue weighted by molar-refractivity contribution is 9.13. The molecule has 1 unspecified atom stereocenters.